The fourth-order valence-corrected chi connectivity index (χ4v) is 3.96. The molecule has 0 aromatic heterocycles. The van der Waals surface area contributed by atoms with Gasteiger partial charge in [0.1, 0.15) is 11.7 Å². The number of halogens is 1. The van der Waals surface area contributed by atoms with E-state index in [1.165, 1.54) is 4.90 Å². The molecule has 0 spiro atoms. The number of fused-ring (bicyclic) bond motifs is 3. The van der Waals surface area contributed by atoms with Gasteiger partial charge in [-0.15, -0.1) is 10.6 Å². The van der Waals surface area contributed by atoms with E-state index in [-0.39, 0.29) is 12.1 Å². The number of rotatable bonds is 2. The maximum absolute atomic E-state index is 13.1. The van der Waals surface area contributed by atoms with Crippen LogP contribution in [0.4, 0.5) is 5.69 Å². The van der Waals surface area contributed by atoms with Gasteiger partial charge >= 0.3 is 0 Å². The molecule has 4 N–H and O–H groups in total. The van der Waals surface area contributed by atoms with Gasteiger partial charge in [-0.25, -0.2) is 15.4 Å². The van der Waals surface area contributed by atoms with Gasteiger partial charge < -0.3 is 0 Å². The Morgan fingerprint density at radius 1 is 1.38 bits per heavy atom. The van der Waals surface area contributed by atoms with Gasteiger partial charge in [-0.1, -0.05) is 23.7 Å². The van der Waals surface area contributed by atoms with Crippen molar-refractivity contribution in [1.82, 2.24) is 26.7 Å². The summed E-state index contributed by atoms with van der Waals surface area (Å²) in [6.07, 6.45) is 1.23. The Morgan fingerprint density at radius 2 is 2.17 bits per heavy atom. The molecule has 1 aromatic rings. The SMILES string of the molecule is CS(=O)C1NCC2C(=O)N(c3ccccc3Cl)C3=NNNN3C2N1. The Morgan fingerprint density at radius 3 is 2.92 bits per heavy atom. The number of hydrazine groups is 2. The number of hydrogen-bond acceptors (Lipinski definition) is 8. The standard InChI is InChI=1S/C13H16ClN7O2S/c1-24(23)12-15-6-7-10(16-12)21-13(17-18-19-21)20(11(7)22)9-5-3-2-4-8(9)14/h2-5,7,10,12,15-16,18-19H,6H2,1H3. The molecule has 4 rings (SSSR count). The first-order chi connectivity index (χ1) is 11.6. The Hall–Kier alpha value is -1.72. The van der Waals surface area contributed by atoms with Gasteiger partial charge in [0, 0.05) is 12.8 Å². The van der Waals surface area contributed by atoms with Crippen LogP contribution in [0.1, 0.15) is 0 Å². The number of nitrogens with zero attached hydrogens (tertiary/aromatic N) is 3. The highest BCUT2D eigenvalue weighted by molar-refractivity contribution is 7.84. The van der Waals surface area contributed by atoms with Gasteiger partial charge in [0.25, 0.3) is 0 Å². The predicted molar refractivity (Wildman–Crippen MR) is 90.8 cm³/mol. The van der Waals surface area contributed by atoms with E-state index in [1.54, 1.807) is 29.5 Å². The summed E-state index contributed by atoms with van der Waals surface area (Å²) < 4.78 is 11.8. The molecule has 2 fully saturated rings. The molecule has 0 radical (unpaired) electrons. The first kappa shape index (κ1) is 15.8. The maximum Gasteiger partial charge on any atom is 0.249 e. The minimum absolute atomic E-state index is 0.131. The van der Waals surface area contributed by atoms with E-state index in [4.69, 9.17) is 11.6 Å². The van der Waals surface area contributed by atoms with Crippen LogP contribution in [-0.2, 0) is 15.6 Å². The lowest BCUT2D eigenvalue weighted by Gasteiger charge is -2.47. The second-order valence-corrected chi connectivity index (χ2v) is 7.51. The third-order valence-electron chi connectivity index (χ3n) is 4.21. The van der Waals surface area contributed by atoms with Crippen LogP contribution in [0.25, 0.3) is 0 Å². The van der Waals surface area contributed by atoms with Crippen molar-refractivity contribution in [1.29, 1.82) is 0 Å². The van der Waals surface area contributed by atoms with Crippen LogP contribution in [0.5, 0.6) is 0 Å². The summed E-state index contributed by atoms with van der Waals surface area (Å²) >= 11 is 6.27. The molecule has 11 heteroatoms. The molecule has 1 aromatic carbocycles. The van der Waals surface area contributed by atoms with Gasteiger partial charge in [-0.05, 0) is 12.1 Å². The number of carbonyl (C=O) groups excluding carboxylic acids is 1. The number of amides is 1. The lowest BCUT2D eigenvalue weighted by atomic mass is 9.99. The number of carbonyl (C=O) groups is 1. The quantitative estimate of drug-likeness (QED) is 0.535. The summed E-state index contributed by atoms with van der Waals surface area (Å²) in [5.74, 6) is -0.134. The largest absolute Gasteiger partial charge is 0.290 e. The molecule has 0 aliphatic carbocycles. The van der Waals surface area contributed by atoms with E-state index >= 15 is 0 Å². The first-order valence-corrected chi connectivity index (χ1v) is 9.35. The highest BCUT2D eigenvalue weighted by Gasteiger charge is 2.50. The third kappa shape index (κ3) is 2.38. The Kier molecular flexibility index (Phi) is 3.93. The van der Waals surface area contributed by atoms with Crippen molar-refractivity contribution in [3.8, 4) is 0 Å². The van der Waals surface area contributed by atoms with E-state index in [9.17, 15) is 9.00 Å². The molecule has 3 heterocycles. The monoisotopic (exact) mass is 369 g/mol. The molecule has 2 saturated heterocycles. The smallest absolute Gasteiger partial charge is 0.249 e. The van der Waals surface area contributed by atoms with Gasteiger partial charge in [-0.3, -0.25) is 19.6 Å². The number of benzene rings is 1. The molecule has 0 bridgehead atoms. The Bertz CT molecular complexity index is 743. The van der Waals surface area contributed by atoms with E-state index in [0.29, 0.717) is 23.2 Å². The van der Waals surface area contributed by atoms with Crippen molar-refractivity contribution >= 4 is 40.0 Å². The number of nitrogens with one attached hydrogen (secondary N) is 4. The van der Waals surface area contributed by atoms with Crippen molar-refractivity contribution in [3.05, 3.63) is 29.3 Å². The van der Waals surface area contributed by atoms with Crippen LogP contribution in [0.2, 0.25) is 5.02 Å². The molecule has 4 unspecified atom stereocenters. The Balaban J connectivity index is 1.72. The molecule has 3 aliphatic heterocycles. The van der Waals surface area contributed by atoms with Crippen LogP contribution in [-0.4, -0.2) is 45.5 Å². The zero-order chi connectivity index (χ0) is 16.8. The van der Waals surface area contributed by atoms with E-state index in [1.807, 2.05) is 6.07 Å². The van der Waals surface area contributed by atoms with Crippen molar-refractivity contribution in [2.45, 2.75) is 11.7 Å². The van der Waals surface area contributed by atoms with Crippen molar-refractivity contribution < 1.29 is 9.00 Å². The number of hydrogen-bond donors (Lipinski definition) is 4. The topological polar surface area (TPSA) is 101 Å². The average Bonchev–Trinajstić information content (AvgIpc) is 3.05. The molecule has 9 nitrogen and oxygen atoms in total. The van der Waals surface area contributed by atoms with Crippen molar-refractivity contribution in [2.75, 3.05) is 17.7 Å². The summed E-state index contributed by atoms with van der Waals surface area (Å²) in [6.45, 7) is 0.396. The van der Waals surface area contributed by atoms with Crippen LogP contribution < -0.4 is 26.6 Å². The van der Waals surface area contributed by atoms with E-state index in [2.05, 4.69) is 26.8 Å². The Labute approximate surface area is 145 Å². The molecule has 1 amide bonds. The molecule has 3 aliphatic rings. The second-order valence-electron chi connectivity index (χ2n) is 5.64. The van der Waals surface area contributed by atoms with Gasteiger partial charge in [-0.2, -0.15) is 0 Å². The fraction of sp³-hybridized carbons (Fsp3) is 0.385. The van der Waals surface area contributed by atoms with Crippen LogP contribution in [0.3, 0.4) is 0 Å². The zero-order valence-electron chi connectivity index (χ0n) is 12.7. The van der Waals surface area contributed by atoms with Crippen LogP contribution >= 0.6 is 11.6 Å². The molecular weight excluding hydrogens is 354 g/mol. The summed E-state index contributed by atoms with van der Waals surface area (Å²) in [5.41, 5.74) is 5.76. The van der Waals surface area contributed by atoms with Crippen molar-refractivity contribution in [3.63, 3.8) is 0 Å². The van der Waals surface area contributed by atoms with E-state index in [0.717, 1.165) is 0 Å². The number of para-hydroxylation sites is 1. The minimum Gasteiger partial charge on any atom is -0.290 e. The van der Waals surface area contributed by atoms with Gasteiger partial charge in [0.2, 0.25) is 11.9 Å². The van der Waals surface area contributed by atoms with Crippen molar-refractivity contribution in [2.24, 2.45) is 11.0 Å². The molecule has 24 heavy (non-hydrogen) atoms. The number of hydrazone groups is 1. The zero-order valence-corrected chi connectivity index (χ0v) is 14.3. The van der Waals surface area contributed by atoms with Crippen LogP contribution in [0, 0.1) is 5.92 Å². The lowest BCUT2D eigenvalue weighted by Crippen LogP contribution is -2.75. The normalized spacial score (nSPS) is 30.3. The fourth-order valence-electron chi connectivity index (χ4n) is 3.07. The third-order valence-corrected chi connectivity index (χ3v) is 5.50. The maximum atomic E-state index is 13.1. The predicted octanol–water partition coefficient (Wildman–Crippen LogP) is -0.920. The van der Waals surface area contributed by atoms with Gasteiger partial charge in [0.05, 0.1) is 27.4 Å². The molecule has 0 saturated carbocycles. The molecular formula is C13H16ClN7O2S. The van der Waals surface area contributed by atoms with Gasteiger partial charge in [0.15, 0.2) is 0 Å². The average molecular weight is 370 g/mol. The first-order valence-electron chi connectivity index (χ1n) is 7.35. The second kappa shape index (κ2) is 5.97. The lowest BCUT2D eigenvalue weighted by molar-refractivity contribution is -0.126. The summed E-state index contributed by atoms with van der Waals surface area (Å²) in [4.78, 5) is 14.6. The highest BCUT2D eigenvalue weighted by Crippen LogP contribution is 2.32. The minimum atomic E-state index is -1.12. The summed E-state index contributed by atoms with van der Waals surface area (Å²) in [6, 6.07) is 7.12. The van der Waals surface area contributed by atoms with Crippen LogP contribution in [0.15, 0.2) is 29.4 Å². The molecule has 128 valence electrons. The number of guanidine groups is 1. The summed E-state index contributed by atoms with van der Waals surface area (Å²) in [5, 5.41) is 12.6. The number of anilines is 1. The van der Waals surface area contributed by atoms with E-state index < -0.39 is 22.2 Å². The molecule has 4 atom stereocenters. The summed E-state index contributed by atoms with van der Waals surface area (Å²) in [7, 11) is -1.12. The highest BCUT2D eigenvalue weighted by atomic mass is 35.5.